The molecule has 2 aliphatic rings. The Hall–Kier alpha value is -2.41. The Bertz CT molecular complexity index is 813. The molecule has 2 amide bonds. The van der Waals surface area contributed by atoms with Crippen molar-refractivity contribution >= 4 is 28.8 Å². The first kappa shape index (κ1) is 16.1. The van der Waals surface area contributed by atoms with Gasteiger partial charge in [0.25, 0.3) is 11.8 Å². The van der Waals surface area contributed by atoms with Gasteiger partial charge in [0, 0.05) is 11.6 Å². The Morgan fingerprint density at radius 1 is 1.40 bits per heavy atom. The Morgan fingerprint density at radius 3 is 2.92 bits per heavy atom. The van der Waals surface area contributed by atoms with Crippen LogP contribution in [-0.4, -0.2) is 22.9 Å². The zero-order chi connectivity index (χ0) is 17.4. The lowest BCUT2D eigenvalue weighted by Crippen LogP contribution is -2.44. The fourth-order valence-electron chi connectivity index (χ4n) is 3.52. The maximum Gasteiger partial charge on any atom is 0.265 e. The number of hydrogen-bond acceptors (Lipinski definition) is 5. The van der Waals surface area contributed by atoms with E-state index in [0.717, 1.165) is 30.7 Å². The van der Waals surface area contributed by atoms with Gasteiger partial charge in [-0.05, 0) is 31.9 Å². The number of carbonyl (C=O) groups excluding carboxylic acids is 2. The standard InChI is InChI=1S/C18H19N3O3S/c1-11-15(22)20-13-6-4-5-12(14(13)24-11)16(23)21-18(7-2-3-8-18)17-19-9-10-25-17/h4-6,9-11H,2-3,7-8H2,1H3,(H,20,22)(H,21,23). The van der Waals surface area contributed by atoms with Crippen molar-refractivity contribution in [1.82, 2.24) is 10.3 Å². The molecule has 1 aromatic carbocycles. The van der Waals surface area contributed by atoms with Crippen LogP contribution in [0.1, 0.15) is 48.0 Å². The number of amides is 2. The number of nitrogens with zero attached hydrogens (tertiary/aromatic N) is 1. The monoisotopic (exact) mass is 357 g/mol. The van der Waals surface area contributed by atoms with Crippen LogP contribution >= 0.6 is 11.3 Å². The summed E-state index contributed by atoms with van der Waals surface area (Å²) in [5, 5.41) is 8.87. The van der Waals surface area contributed by atoms with Crippen molar-refractivity contribution in [3.05, 3.63) is 40.3 Å². The van der Waals surface area contributed by atoms with Gasteiger partial charge in [-0.1, -0.05) is 18.9 Å². The van der Waals surface area contributed by atoms with Gasteiger partial charge in [0.15, 0.2) is 11.9 Å². The third-order valence-electron chi connectivity index (χ3n) is 4.83. The highest BCUT2D eigenvalue weighted by Crippen LogP contribution is 2.41. The van der Waals surface area contributed by atoms with Gasteiger partial charge >= 0.3 is 0 Å². The Morgan fingerprint density at radius 2 is 2.20 bits per heavy atom. The summed E-state index contributed by atoms with van der Waals surface area (Å²) in [5.41, 5.74) is 0.565. The van der Waals surface area contributed by atoms with E-state index < -0.39 is 11.6 Å². The number of rotatable bonds is 3. The largest absolute Gasteiger partial charge is 0.478 e. The van der Waals surface area contributed by atoms with E-state index in [4.69, 9.17) is 4.74 Å². The van der Waals surface area contributed by atoms with E-state index in [-0.39, 0.29) is 11.8 Å². The van der Waals surface area contributed by atoms with Gasteiger partial charge in [-0.25, -0.2) is 4.98 Å². The summed E-state index contributed by atoms with van der Waals surface area (Å²) < 4.78 is 5.70. The van der Waals surface area contributed by atoms with Crippen LogP contribution in [0.3, 0.4) is 0 Å². The molecule has 2 aromatic rings. The number of benzene rings is 1. The Balaban J connectivity index is 1.66. The molecule has 0 spiro atoms. The van der Waals surface area contributed by atoms with Crippen molar-refractivity contribution in [1.29, 1.82) is 0 Å². The van der Waals surface area contributed by atoms with Crippen LogP contribution in [0.2, 0.25) is 0 Å². The molecule has 2 N–H and O–H groups in total. The number of hydrogen-bond donors (Lipinski definition) is 2. The lowest BCUT2D eigenvalue weighted by molar-refractivity contribution is -0.122. The van der Waals surface area contributed by atoms with Crippen molar-refractivity contribution < 1.29 is 14.3 Å². The highest BCUT2D eigenvalue weighted by Gasteiger charge is 2.40. The summed E-state index contributed by atoms with van der Waals surface area (Å²) in [5.74, 6) is 0.0248. The van der Waals surface area contributed by atoms with Crippen molar-refractivity contribution in [3.8, 4) is 5.75 Å². The average molecular weight is 357 g/mol. The van der Waals surface area contributed by atoms with Crippen LogP contribution in [0.4, 0.5) is 5.69 Å². The summed E-state index contributed by atoms with van der Waals surface area (Å²) in [6.45, 7) is 1.67. The van der Waals surface area contributed by atoms with Crippen LogP contribution in [-0.2, 0) is 10.3 Å². The van der Waals surface area contributed by atoms with E-state index >= 15 is 0 Å². The molecule has 25 heavy (non-hydrogen) atoms. The van der Waals surface area contributed by atoms with Crippen molar-refractivity contribution in [2.75, 3.05) is 5.32 Å². The highest BCUT2D eigenvalue weighted by molar-refractivity contribution is 7.09. The number of nitrogens with one attached hydrogen (secondary N) is 2. The molecule has 1 aliphatic heterocycles. The SMILES string of the molecule is CC1Oc2c(cccc2C(=O)NC2(c3nccs3)CCCC2)NC1=O. The second kappa shape index (κ2) is 6.15. The van der Waals surface area contributed by atoms with Crippen LogP contribution in [0.15, 0.2) is 29.8 Å². The van der Waals surface area contributed by atoms with E-state index in [2.05, 4.69) is 15.6 Å². The second-order valence-electron chi connectivity index (χ2n) is 6.51. The fourth-order valence-corrected chi connectivity index (χ4v) is 4.37. The van der Waals surface area contributed by atoms with Crippen LogP contribution in [0.5, 0.6) is 5.75 Å². The van der Waals surface area contributed by atoms with E-state index in [9.17, 15) is 9.59 Å². The predicted octanol–water partition coefficient (Wildman–Crippen LogP) is 3.06. The number of thiazole rings is 1. The minimum absolute atomic E-state index is 0.197. The molecule has 4 rings (SSSR count). The van der Waals surface area contributed by atoms with Crippen LogP contribution < -0.4 is 15.4 Å². The minimum atomic E-state index is -0.624. The third-order valence-corrected chi connectivity index (χ3v) is 5.81. The molecular formula is C18H19N3O3S. The van der Waals surface area contributed by atoms with Gasteiger partial charge in [0.2, 0.25) is 0 Å². The van der Waals surface area contributed by atoms with Gasteiger partial charge in [0.1, 0.15) is 5.01 Å². The zero-order valence-corrected chi connectivity index (χ0v) is 14.7. The first-order valence-electron chi connectivity index (χ1n) is 8.42. The number of anilines is 1. The Labute approximate surface area is 149 Å². The number of para-hydroxylation sites is 1. The molecule has 1 unspecified atom stereocenters. The summed E-state index contributed by atoms with van der Waals surface area (Å²) in [7, 11) is 0. The molecule has 6 nitrogen and oxygen atoms in total. The average Bonchev–Trinajstić information content (AvgIpc) is 3.27. The topological polar surface area (TPSA) is 80.3 Å². The summed E-state index contributed by atoms with van der Waals surface area (Å²) in [6.07, 6.45) is 5.05. The number of fused-ring (bicyclic) bond motifs is 1. The molecular weight excluding hydrogens is 338 g/mol. The van der Waals surface area contributed by atoms with E-state index in [1.807, 2.05) is 5.38 Å². The van der Waals surface area contributed by atoms with Gasteiger partial charge < -0.3 is 15.4 Å². The van der Waals surface area contributed by atoms with E-state index in [1.54, 1.807) is 42.7 Å². The number of ether oxygens (including phenoxy) is 1. The van der Waals surface area contributed by atoms with Crippen molar-refractivity contribution in [2.45, 2.75) is 44.2 Å². The molecule has 1 aromatic heterocycles. The Kier molecular flexibility index (Phi) is 3.95. The van der Waals surface area contributed by atoms with Crippen molar-refractivity contribution in [3.63, 3.8) is 0 Å². The summed E-state index contributed by atoms with van der Waals surface area (Å²) in [6, 6.07) is 5.21. The van der Waals surface area contributed by atoms with Gasteiger partial charge in [0.05, 0.1) is 16.8 Å². The van der Waals surface area contributed by atoms with Crippen molar-refractivity contribution in [2.24, 2.45) is 0 Å². The van der Waals surface area contributed by atoms with Gasteiger partial charge in [-0.15, -0.1) is 11.3 Å². The third kappa shape index (κ3) is 2.78. The maximum atomic E-state index is 13.0. The lowest BCUT2D eigenvalue weighted by Gasteiger charge is -2.30. The van der Waals surface area contributed by atoms with Gasteiger partial charge in [-0.3, -0.25) is 9.59 Å². The predicted molar refractivity (Wildman–Crippen MR) is 94.9 cm³/mol. The smallest absolute Gasteiger partial charge is 0.265 e. The van der Waals surface area contributed by atoms with E-state index in [0.29, 0.717) is 17.0 Å². The molecule has 0 bridgehead atoms. The highest BCUT2D eigenvalue weighted by atomic mass is 32.1. The number of carbonyl (C=O) groups is 2. The summed E-state index contributed by atoms with van der Waals surface area (Å²) in [4.78, 5) is 29.3. The first-order chi connectivity index (χ1) is 12.1. The first-order valence-corrected chi connectivity index (χ1v) is 9.30. The molecule has 0 saturated heterocycles. The van der Waals surface area contributed by atoms with Gasteiger partial charge in [-0.2, -0.15) is 0 Å². The fraction of sp³-hybridized carbons (Fsp3) is 0.389. The molecule has 2 heterocycles. The molecule has 1 saturated carbocycles. The quantitative estimate of drug-likeness (QED) is 0.885. The lowest BCUT2D eigenvalue weighted by atomic mass is 9.97. The summed E-state index contributed by atoms with van der Waals surface area (Å²) >= 11 is 1.57. The van der Waals surface area contributed by atoms with Crippen LogP contribution in [0, 0.1) is 0 Å². The minimum Gasteiger partial charge on any atom is -0.478 e. The molecule has 130 valence electrons. The molecule has 1 fully saturated rings. The zero-order valence-electron chi connectivity index (χ0n) is 13.9. The molecule has 7 heteroatoms. The van der Waals surface area contributed by atoms with E-state index in [1.165, 1.54) is 0 Å². The van der Waals surface area contributed by atoms with Crippen LogP contribution in [0.25, 0.3) is 0 Å². The number of aromatic nitrogens is 1. The second-order valence-corrected chi connectivity index (χ2v) is 7.41. The molecule has 1 aliphatic carbocycles. The normalized spacial score (nSPS) is 21.2. The molecule has 0 radical (unpaired) electrons. The molecule has 1 atom stereocenters. The maximum absolute atomic E-state index is 13.0.